The van der Waals surface area contributed by atoms with Gasteiger partial charge in [-0.25, -0.2) is 22.5 Å². The maximum absolute atomic E-state index is 13.5. The summed E-state index contributed by atoms with van der Waals surface area (Å²) in [4.78, 5) is 3.79. The fourth-order valence-electron chi connectivity index (χ4n) is 1.62. The molecule has 0 aliphatic carbocycles. The number of aromatic nitrogens is 1. The number of thiazole rings is 1. The van der Waals surface area contributed by atoms with E-state index in [0.29, 0.717) is 6.42 Å². The Bertz CT molecular complexity index is 745. The Kier molecular flexibility index (Phi) is 4.99. The molecule has 0 aliphatic heterocycles. The van der Waals surface area contributed by atoms with E-state index in [0.717, 1.165) is 17.8 Å². The highest BCUT2D eigenvalue weighted by Gasteiger charge is 2.16. The standard InChI is InChI=1S/C12H12FN3O2S3/c13-11-2-1-9(5-10(11)12(14)19)21(17,18)16-4-3-8-6-20-7-15-8/h1-2,5-7,16H,3-4H2,(H2,14,19). The lowest BCUT2D eigenvalue weighted by Gasteiger charge is -2.08. The number of sulfonamides is 1. The Labute approximate surface area is 131 Å². The van der Waals surface area contributed by atoms with E-state index in [-0.39, 0.29) is 22.0 Å². The zero-order chi connectivity index (χ0) is 15.5. The Balaban J connectivity index is 2.12. The molecule has 112 valence electrons. The van der Waals surface area contributed by atoms with Gasteiger partial charge in [-0.1, -0.05) is 12.2 Å². The highest BCUT2D eigenvalue weighted by atomic mass is 32.2. The number of hydrogen-bond acceptors (Lipinski definition) is 5. The van der Waals surface area contributed by atoms with Crippen LogP contribution in [0.25, 0.3) is 0 Å². The van der Waals surface area contributed by atoms with Crippen LogP contribution in [-0.2, 0) is 16.4 Å². The molecule has 1 aromatic carbocycles. The van der Waals surface area contributed by atoms with E-state index in [9.17, 15) is 12.8 Å². The number of nitrogens with one attached hydrogen (secondary N) is 1. The van der Waals surface area contributed by atoms with E-state index in [1.165, 1.54) is 17.4 Å². The molecule has 0 fully saturated rings. The third-order valence-corrected chi connectivity index (χ3v) is 4.98. The molecule has 2 rings (SSSR count). The first-order valence-electron chi connectivity index (χ1n) is 5.86. The third-order valence-electron chi connectivity index (χ3n) is 2.67. The van der Waals surface area contributed by atoms with Crippen LogP contribution in [0.5, 0.6) is 0 Å². The van der Waals surface area contributed by atoms with Crippen molar-refractivity contribution >= 4 is 38.6 Å². The van der Waals surface area contributed by atoms with Gasteiger partial charge in [-0.05, 0) is 18.2 Å². The minimum Gasteiger partial charge on any atom is -0.389 e. The molecule has 2 aromatic rings. The Morgan fingerprint density at radius 1 is 1.48 bits per heavy atom. The number of nitrogens with zero attached hydrogens (tertiary/aromatic N) is 1. The van der Waals surface area contributed by atoms with Gasteiger partial charge in [0.15, 0.2) is 0 Å². The Morgan fingerprint density at radius 3 is 2.86 bits per heavy atom. The predicted molar refractivity (Wildman–Crippen MR) is 83.3 cm³/mol. The van der Waals surface area contributed by atoms with Gasteiger partial charge in [-0.3, -0.25) is 0 Å². The highest BCUT2D eigenvalue weighted by molar-refractivity contribution is 7.89. The van der Waals surface area contributed by atoms with Crippen LogP contribution < -0.4 is 10.5 Å². The van der Waals surface area contributed by atoms with Crippen molar-refractivity contribution in [2.45, 2.75) is 11.3 Å². The number of thiocarbonyl (C=S) groups is 1. The lowest BCUT2D eigenvalue weighted by Crippen LogP contribution is -2.26. The van der Waals surface area contributed by atoms with Gasteiger partial charge in [0.05, 0.1) is 16.1 Å². The van der Waals surface area contributed by atoms with E-state index < -0.39 is 15.8 Å². The summed E-state index contributed by atoms with van der Waals surface area (Å²) >= 11 is 6.13. The summed E-state index contributed by atoms with van der Waals surface area (Å²) in [6, 6.07) is 3.33. The average Bonchev–Trinajstić information content (AvgIpc) is 2.91. The second kappa shape index (κ2) is 6.56. The minimum absolute atomic E-state index is 0.0787. The molecule has 0 atom stereocenters. The molecule has 1 aromatic heterocycles. The van der Waals surface area contributed by atoms with Gasteiger partial charge in [0, 0.05) is 23.9 Å². The molecule has 0 spiro atoms. The molecule has 9 heteroatoms. The lowest BCUT2D eigenvalue weighted by atomic mass is 10.2. The van der Waals surface area contributed by atoms with Crippen molar-refractivity contribution in [2.24, 2.45) is 5.73 Å². The SMILES string of the molecule is NC(=S)c1cc(S(=O)(=O)NCCc2cscn2)ccc1F. The molecular formula is C12H12FN3O2S3. The molecular weight excluding hydrogens is 333 g/mol. The van der Waals surface area contributed by atoms with E-state index >= 15 is 0 Å². The van der Waals surface area contributed by atoms with Crippen molar-refractivity contribution in [3.63, 3.8) is 0 Å². The normalized spacial score (nSPS) is 11.5. The second-order valence-electron chi connectivity index (χ2n) is 4.13. The van der Waals surface area contributed by atoms with Crippen molar-refractivity contribution in [3.05, 3.63) is 46.2 Å². The van der Waals surface area contributed by atoms with Crippen LogP contribution >= 0.6 is 23.6 Å². The number of halogens is 1. The quantitative estimate of drug-likeness (QED) is 0.774. The summed E-state index contributed by atoms with van der Waals surface area (Å²) in [6.07, 6.45) is 0.478. The lowest BCUT2D eigenvalue weighted by molar-refractivity contribution is 0.580. The monoisotopic (exact) mass is 345 g/mol. The highest BCUT2D eigenvalue weighted by Crippen LogP contribution is 2.15. The van der Waals surface area contributed by atoms with Crippen molar-refractivity contribution in [1.82, 2.24) is 9.71 Å². The van der Waals surface area contributed by atoms with E-state index in [1.807, 2.05) is 5.38 Å². The van der Waals surface area contributed by atoms with Crippen molar-refractivity contribution in [2.75, 3.05) is 6.54 Å². The molecule has 0 unspecified atom stereocenters. The summed E-state index contributed by atoms with van der Waals surface area (Å²) in [5, 5.41) is 1.84. The number of benzene rings is 1. The third kappa shape index (κ3) is 4.03. The van der Waals surface area contributed by atoms with Gasteiger partial charge in [0.25, 0.3) is 0 Å². The summed E-state index contributed by atoms with van der Waals surface area (Å²) in [6.45, 7) is 0.200. The van der Waals surface area contributed by atoms with Crippen LogP contribution in [0.3, 0.4) is 0 Å². The molecule has 0 amide bonds. The van der Waals surface area contributed by atoms with E-state index in [2.05, 4.69) is 21.9 Å². The molecule has 0 saturated heterocycles. The summed E-state index contributed by atoms with van der Waals surface area (Å²) in [5.74, 6) is -0.649. The molecule has 0 aliphatic rings. The first kappa shape index (κ1) is 16.0. The zero-order valence-electron chi connectivity index (χ0n) is 10.7. The zero-order valence-corrected chi connectivity index (χ0v) is 13.2. The molecule has 5 nitrogen and oxygen atoms in total. The van der Waals surface area contributed by atoms with Crippen LogP contribution in [0, 0.1) is 5.82 Å². The van der Waals surface area contributed by atoms with Crippen LogP contribution in [0.15, 0.2) is 34.0 Å². The largest absolute Gasteiger partial charge is 0.389 e. The summed E-state index contributed by atoms with van der Waals surface area (Å²) in [7, 11) is -3.74. The van der Waals surface area contributed by atoms with Gasteiger partial charge in [-0.15, -0.1) is 11.3 Å². The van der Waals surface area contributed by atoms with Crippen molar-refractivity contribution in [1.29, 1.82) is 0 Å². The molecule has 0 saturated carbocycles. The second-order valence-corrected chi connectivity index (χ2v) is 7.06. The molecule has 21 heavy (non-hydrogen) atoms. The van der Waals surface area contributed by atoms with Crippen molar-refractivity contribution in [3.8, 4) is 0 Å². The van der Waals surface area contributed by atoms with E-state index in [1.54, 1.807) is 5.51 Å². The molecule has 3 N–H and O–H groups in total. The fourth-order valence-corrected chi connectivity index (χ4v) is 3.43. The van der Waals surface area contributed by atoms with Gasteiger partial charge in [-0.2, -0.15) is 0 Å². The number of hydrogen-bond donors (Lipinski definition) is 2. The molecule has 0 bridgehead atoms. The number of nitrogens with two attached hydrogens (primary N) is 1. The maximum Gasteiger partial charge on any atom is 0.240 e. The topological polar surface area (TPSA) is 85.1 Å². The minimum atomic E-state index is -3.74. The first-order valence-corrected chi connectivity index (χ1v) is 8.69. The first-order chi connectivity index (χ1) is 9.90. The Morgan fingerprint density at radius 2 is 2.24 bits per heavy atom. The fraction of sp³-hybridized carbons (Fsp3) is 0.167. The van der Waals surface area contributed by atoms with Gasteiger partial charge >= 0.3 is 0 Å². The van der Waals surface area contributed by atoms with Gasteiger partial charge in [0.1, 0.15) is 10.8 Å². The predicted octanol–water partition coefficient (Wildman–Crippen LogP) is 1.44. The number of rotatable bonds is 6. The van der Waals surface area contributed by atoms with Crippen LogP contribution in [0.4, 0.5) is 4.39 Å². The van der Waals surface area contributed by atoms with Crippen LogP contribution in [0.2, 0.25) is 0 Å². The van der Waals surface area contributed by atoms with Crippen LogP contribution in [0.1, 0.15) is 11.3 Å². The van der Waals surface area contributed by atoms with Gasteiger partial charge in [0.2, 0.25) is 10.0 Å². The van der Waals surface area contributed by atoms with Crippen molar-refractivity contribution < 1.29 is 12.8 Å². The summed E-state index contributed by atoms with van der Waals surface area (Å²) in [5.41, 5.74) is 7.76. The molecule has 0 radical (unpaired) electrons. The van der Waals surface area contributed by atoms with Crippen LogP contribution in [-0.4, -0.2) is 24.9 Å². The average molecular weight is 345 g/mol. The smallest absolute Gasteiger partial charge is 0.240 e. The maximum atomic E-state index is 13.5. The summed E-state index contributed by atoms with van der Waals surface area (Å²) < 4.78 is 40.1. The van der Waals surface area contributed by atoms with E-state index in [4.69, 9.17) is 5.73 Å². The Hall–Kier alpha value is -1.42. The molecule has 1 heterocycles. The van der Waals surface area contributed by atoms with Gasteiger partial charge < -0.3 is 5.73 Å².